The molecule has 2 rings (SSSR count). The van der Waals surface area contributed by atoms with Crippen LogP contribution in [-0.4, -0.2) is 36.1 Å². The largest absolute Gasteiger partial charge is 0.315 e. The standard InChI is InChI=1S/C10H17N3S/c1-9-10(14-8-12-9)7-13-5-2-3-11-4-6-13/h8,11H,2-7H2,1H3. The van der Waals surface area contributed by atoms with Gasteiger partial charge in [0.1, 0.15) is 0 Å². The van der Waals surface area contributed by atoms with E-state index in [1.807, 2.05) is 5.51 Å². The molecule has 14 heavy (non-hydrogen) atoms. The molecule has 0 aliphatic carbocycles. The molecular weight excluding hydrogens is 194 g/mol. The second-order valence-corrected chi connectivity index (χ2v) is 4.68. The van der Waals surface area contributed by atoms with Gasteiger partial charge in [-0.05, 0) is 26.4 Å². The van der Waals surface area contributed by atoms with Crippen LogP contribution in [0.1, 0.15) is 17.0 Å². The van der Waals surface area contributed by atoms with Gasteiger partial charge in [-0.3, -0.25) is 4.90 Å². The summed E-state index contributed by atoms with van der Waals surface area (Å²) in [6, 6.07) is 0. The zero-order valence-corrected chi connectivity index (χ0v) is 9.44. The summed E-state index contributed by atoms with van der Waals surface area (Å²) >= 11 is 1.78. The van der Waals surface area contributed by atoms with E-state index >= 15 is 0 Å². The Bertz CT molecular complexity index is 277. The number of thiazole rings is 1. The molecule has 0 spiro atoms. The molecule has 1 aromatic heterocycles. The van der Waals surface area contributed by atoms with Gasteiger partial charge < -0.3 is 5.32 Å². The third kappa shape index (κ3) is 2.53. The maximum atomic E-state index is 4.28. The molecule has 0 atom stereocenters. The lowest BCUT2D eigenvalue weighted by Crippen LogP contribution is -2.27. The van der Waals surface area contributed by atoms with Gasteiger partial charge in [0.25, 0.3) is 0 Å². The number of aryl methyl sites for hydroxylation is 1. The van der Waals surface area contributed by atoms with Gasteiger partial charge in [0.15, 0.2) is 0 Å². The molecule has 4 heteroatoms. The van der Waals surface area contributed by atoms with Crippen LogP contribution < -0.4 is 5.32 Å². The van der Waals surface area contributed by atoms with Crippen molar-refractivity contribution in [1.29, 1.82) is 0 Å². The van der Waals surface area contributed by atoms with Crippen molar-refractivity contribution in [1.82, 2.24) is 15.2 Å². The fourth-order valence-corrected chi connectivity index (χ4v) is 2.56. The summed E-state index contributed by atoms with van der Waals surface area (Å²) < 4.78 is 0. The summed E-state index contributed by atoms with van der Waals surface area (Å²) in [7, 11) is 0. The van der Waals surface area contributed by atoms with Crippen molar-refractivity contribution < 1.29 is 0 Å². The van der Waals surface area contributed by atoms with E-state index in [0.717, 1.165) is 26.2 Å². The second kappa shape index (κ2) is 4.87. The first-order valence-electron chi connectivity index (χ1n) is 5.18. The number of rotatable bonds is 2. The number of hydrogen-bond donors (Lipinski definition) is 1. The van der Waals surface area contributed by atoms with Gasteiger partial charge in [-0.25, -0.2) is 4.98 Å². The van der Waals surface area contributed by atoms with Crippen LogP contribution in [0.2, 0.25) is 0 Å². The molecule has 1 N–H and O–H groups in total. The molecule has 1 aromatic rings. The Balaban J connectivity index is 1.92. The average molecular weight is 211 g/mol. The number of nitrogens with one attached hydrogen (secondary N) is 1. The normalized spacial score (nSPS) is 19.5. The van der Waals surface area contributed by atoms with E-state index in [-0.39, 0.29) is 0 Å². The highest BCUT2D eigenvalue weighted by Gasteiger charge is 2.11. The minimum Gasteiger partial charge on any atom is -0.315 e. The smallest absolute Gasteiger partial charge is 0.0798 e. The van der Waals surface area contributed by atoms with E-state index in [2.05, 4.69) is 22.1 Å². The van der Waals surface area contributed by atoms with Gasteiger partial charge in [-0.1, -0.05) is 0 Å². The fourth-order valence-electron chi connectivity index (χ4n) is 1.74. The summed E-state index contributed by atoms with van der Waals surface area (Å²) in [5.74, 6) is 0. The van der Waals surface area contributed by atoms with Crippen LogP contribution in [0, 0.1) is 6.92 Å². The highest BCUT2D eigenvalue weighted by molar-refractivity contribution is 7.09. The zero-order chi connectivity index (χ0) is 9.80. The molecule has 1 fully saturated rings. The summed E-state index contributed by atoms with van der Waals surface area (Å²) in [5, 5.41) is 3.42. The van der Waals surface area contributed by atoms with E-state index in [4.69, 9.17) is 0 Å². The molecule has 0 aromatic carbocycles. The summed E-state index contributed by atoms with van der Waals surface area (Å²) in [6.07, 6.45) is 1.26. The van der Waals surface area contributed by atoms with Crippen molar-refractivity contribution in [2.24, 2.45) is 0 Å². The summed E-state index contributed by atoms with van der Waals surface area (Å²) in [6.45, 7) is 7.85. The molecular formula is C10H17N3S. The Kier molecular flexibility index (Phi) is 3.50. The van der Waals surface area contributed by atoms with Gasteiger partial charge in [0.2, 0.25) is 0 Å². The maximum absolute atomic E-state index is 4.28. The topological polar surface area (TPSA) is 28.2 Å². The summed E-state index contributed by atoms with van der Waals surface area (Å²) in [4.78, 5) is 8.22. The zero-order valence-electron chi connectivity index (χ0n) is 8.62. The number of aromatic nitrogens is 1. The second-order valence-electron chi connectivity index (χ2n) is 3.74. The first-order valence-corrected chi connectivity index (χ1v) is 6.06. The number of nitrogens with zero attached hydrogens (tertiary/aromatic N) is 2. The van der Waals surface area contributed by atoms with E-state index in [0.29, 0.717) is 0 Å². The maximum Gasteiger partial charge on any atom is 0.0798 e. The van der Waals surface area contributed by atoms with Gasteiger partial charge >= 0.3 is 0 Å². The lowest BCUT2D eigenvalue weighted by molar-refractivity contribution is 0.286. The van der Waals surface area contributed by atoms with E-state index in [9.17, 15) is 0 Å². The molecule has 0 amide bonds. The highest BCUT2D eigenvalue weighted by Crippen LogP contribution is 2.15. The Hall–Kier alpha value is -0.450. The molecule has 1 saturated heterocycles. The van der Waals surface area contributed by atoms with Gasteiger partial charge in [-0.15, -0.1) is 11.3 Å². The van der Waals surface area contributed by atoms with Crippen LogP contribution in [0.25, 0.3) is 0 Å². The first-order chi connectivity index (χ1) is 6.86. The van der Waals surface area contributed by atoms with Crippen molar-refractivity contribution in [3.63, 3.8) is 0 Å². The summed E-state index contributed by atoms with van der Waals surface area (Å²) in [5.41, 5.74) is 3.15. The molecule has 78 valence electrons. The van der Waals surface area contributed by atoms with Crippen LogP contribution in [0.15, 0.2) is 5.51 Å². The first kappa shape index (κ1) is 10.1. The average Bonchev–Trinajstić information content (AvgIpc) is 2.44. The van der Waals surface area contributed by atoms with Crippen LogP contribution in [0.3, 0.4) is 0 Å². The third-order valence-electron chi connectivity index (χ3n) is 2.64. The Morgan fingerprint density at radius 2 is 2.43 bits per heavy atom. The Morgan fingerprint density at radius 3 is 3.21 bits per heavy atom. The molecule has 2 heterocycles. The molecule has 0 bridgehead atoms. The van der Waals surface area contributed by atoms with Crippen LogP contribution in [-0.2, 0) is 6.54 Å². The predicted molar refractivity (Wildman–Crippen MR) is 59.6 cm³/mol. The minimum absolute atomic E-state index is 1.08. The monoisotopic (exact) mass is 211 g/mol. The van der Waals surface area contributed by atoms with E-state index in [1.54, 1.807) is 11.3 Å². The van der Waals surface area contributed by atoms with Gasteiger partial charge in [0, 0.05) is 24.5 Å². The van der Waals surface area contributed by atoms with Crippen molar-refractivity contribution in [3.8, 4) is 0 Å². The van der Waals surface area contributed by atoms with Crippen molar-refractivity contribution in [2.75, 3.05) is 26.2 Å². The molecule has 0 saturated carbocycles. The van der Waals surface area contributed by atoms with Gasteiger partial charge in [0.05, 0.1) is 11.2 Å². The quantitative estimate of drug-likeness (QED) is 0.798. The highest BCUT2D eigenvalue weighted by atomic mass is 32.1. The molecule has 1 aliphatic rings. The van der Waals surface area contributed by atoms with Crippen LogP contribution in [0.4, 0.5) is 0 Å². The van der Waals surface area contributed by atoms with Crippen molar-refractivity contribution in [3.05, 3.63) is 16.1 Å². The predicted octanol–water partition coefficient (Wildman–Crippen LogP) is 1.25. The van der Waals surface area contributed by atoms with Crippen molar-refractivity contribution in [2.45, 2.75) is 19.9 Å². The molecule has 3 nitrogen and oxygen atoms in total. The SMILES string of the molecule is Cc1ncsc1CN1CCCNCC1. The minimum atomic E-state index is 1.08. The molecule has 1 aliphatic heterocycles. The van der Waals surface area contributed by atoms with Gasteiger partial charge in [-0.2, -0.15) is 0 Å². The van der Waals surface area contributed by atoms with Crippen LogP contribution in [0.5, 0.6) is 0 Å². The lowest BCUT2D eigenvalue weighted by Gasteiger charge is -2.18. The Labute approximate surface area is 89.1 Å². The molecule has 0 radical (unpaired) electrons. The molecule has 0 unspecified atom stereocenters. The number of hydrogen-bond acceptors (Lipinski definition) is 4. The van der Waals surface area contributed by atoms with Crippen molar-refractivity contribution >= 4 is 11.3 Å². The Morgan fingerprint density at radius 1 is 1.50 bits per heavy atom. The van der Waals surface area contributed by atoms with E-state index < -0.39 is 0 Å². The third-order valence-corrected chi connectivity index (χ3v) is 3.56. The van der Waals surface area contributed by atoms with E-state index in [1.165, 1.54) is 23.5 Å². The fraction of sp³-hybridized carbons (Fsp3) is 0.700. The van der Waals surface area contributed by atoms with Crippen LogP contribution >= 0.6 is 11.3 Å². The lowest BCUT2D eigenvalue weighted by atomic mass is 10.3.